The van der Waals surface area contributed by atoms with Crippen LogP contribution < -0.4 is 18.9 Å². The SMILES string of the molecule is COc1cccc(Cc2nccc3cc4c(cc23)OCO4)c1OC. The van der Waals surface area contributed by atoms with Gasteiger partial charge in [0.15, 0.2) is 23.0 Å². The summed E-state index contributed by atoms with van der Waals surface area (Å²) >= 11 is 0. The van der Waals surface area contributed by atoms with E-state index in [1.807, 2.05) is 42.6 Å². The molecular formula is C19H17NO4. The lowest BCUT2D eigenvalue weighted by Crippen LogP contribution is -1.99. The normalized spacial score (nSPS) is 12.4. The van der Waals surface area contributed by atoms with Gasteiger partial charge in [-0.25, -0.2) is 0 Å². The van der Waals surface area contributed by atoms with Gasteiger partial charge in [0.25, 0.3) is 0 Å². The second-order valence-electron chi connectivity index (χ2n) is 5.51. The lowest BCUT2D eigenvalue weighted by Gasteiger charge is -2.13. The molecule has 0 atom stereocenters. The number of hydrogen-bond acceptors (Lipinski definition) is 5. The molecule has 1 aliphatic rings. The Labute approximate surface area is 139 Å². The highest BCUT2D eigenvalue weighted by Gasteiger charge is 2.17. The van der Waals surface area contributed by atoms with E-state index in [2.05, 4.69) is 4.98 Å². The molecule has 0 spiro atoms. The average molecular weight is 323 g/mol. The van der Waals surface area contributed by atoms with E-state index in [0.717, 1.165) is 39.3 Å². The van der Waals surface area contributed by atoms with Crippen LogP contribution in [-0.4, -0.2) is 26.0 Å². The zero-order chi connectivity index (χ0) is 16.5. The average Bonchev–Trinajstić information content (AvgIpc) is 3.07. The summed E-state index contributed by atoms with van der Waals surface area (Å²) in [5.74, 6) is 2.99. The molecule has 0 saturated heterocycles. The molecule has 4 rings (SSSR count). The Morgan fingerprint density at radius 1 is 1.04 bits per heavy atom. The maximum Gasteiger partial charge on any atom is 0.231 e. The van der Waals surface area contributed by atoms with Gasteiger partial charge in [-0.1, -0.05) is 12.1 Å². The lowest BCUT2D eigenvalue weighted by molar-refractivity contribution is 0.174. The number of nitrogens with zero attached hydrogens (tertiary/aromatic N) is 1. The van der Waals surface area contributed by atoms with E-state index < -0.39 is 0 Å². The van der Waals surface area contributed by atoms with Crippen LogP contribution in [0.25, 0.3) is 10.8 Å². The standard InChI is InChI=1S/C19H17NO4/c1-21-16-5-3-4-13(19(16)22-2)8-15-14-10-18-17(23-11-24-18)9-12(14)6-7-20-15/h3-7,9-10H,8,11H2,1-2H3. The zero-order valence-electron chi connectivity index (χ0n) is 13.5. The first-order valence-electron chi connectivity index (χ1n) is 7.67. The van der Waals surface area contributed by atoms with Crippen molar-refractivity contribution in [2.45, 2.75) is 6.42 Å². The maximum atomic E-state index is 5.53. The third kappa shape index (κ3) is 2.38. The summed E-state index contributed by atoms with van der Waals surface area (Å²) in [4.78, 5) is 4.57. The van der Waals surface area contributed by atoms with Gasteiger partial charge < -0.3 is 18.9 Å². The molecule has 2 aromatic carbocycles. The Kier molecular flexibility index (Phi) is 3.61. The van der Waals surface area contributed by atoms with Gasteiger partial charge >= 0.3 is 0 Å². The second-order valence-corrected chi connectivity index (χ2v) is 5.51. The van der Waals surface area contributed by atoms with Crippen LogP contribution in [0.2, 0.25) is 0 Å². The van der Waals surface area contributed by atoms with Gasteiger partial charge in [0.05, 0.1) is 19.9 Å². The fourth-order valence-corrected chi connectivity index (χ4v) is 3.04. The Hall–Kier alpha value is -2.95. The van der Waals surface area contributed by atoms with Crippen LogP contribution in [-0.2, 0) is 6.42 Å². The molecule has 0 amide bonds. The van der Waals surface area contributed by atoms with Crippen LogP contribution in [0.4, 0.5) is 0 Å². The molecule has 122 valence electrons. The van der Waals surface area contributed by atoms with Crippen molar-refractivity contribution >= 4 is 10.8 Å². The number of benzene rings is 2. The second kappa shape index (κ2) is 5.92. The number of fused-ring (bicyclic) bond motifs is 2. The summed E-state index contributed by atoms with van der Waals surface area (Å²) in [6.07, 6.45) is 2.45. The molecule has 24 heavy (non-hydrogen) atoms. The molecule has 0 radical (unpaired) electrons. The first-order chi connectivity index (χ1) is 11.8. The first-order valence-corrected chi connectivity index (χ1v) is 7.67. The minimum Gasteiger partial charge on any atom is -0.493 e. The van der Waals surface area contributed by atoms with Gasteiger partial charge in [0, 0.05) is 23.6 Å². The molecule has 0 unspecified atom stereocenters. The molecule has 5 heteroatoms. The van der Waals surface area contributed by atoms with E-state index >= 15 is 0 Å². The number of ether oxygens (including phenoxy) is 4. The fraction of sp³-hybridized carbons (Fsp3) is 0.211. The highest BCUT2D eigenvalue weighted by atomic mass is 16.7. The summed E-state index contributed by atoms with van der Waals surface area (Å²) in [5, 5.41) is 2.12. The van der Waals surface area contributed by atoms with Crippen molar-refractivity contribution in [3.05, 3.63) is 53.9 Å². The van der Waals surface area contributed by atoms with E-state index in [4.69, 9.17) is 18.9 Å². The Bertz CT molecular complexity index is 907. The lowest BCUT2D eigenvalue weighted by atomic mass is 10.0. The number of hydrogen-bond donors (Lipinski definition) is 0. The number of methoxy groups -OCH3 is 2. The molecule has 2 heterocycles. The molecule has 5 nitrogen and oxygen atoms in total. The number of pyridine rings is 1. The topological polar surface area (TPSA) is 49.8 Å². The number of aromatic nitrogens is 1. The van der Waals surface area contributed by atoms with Crippen molar-refractivity contribution in [1.82, 2.24) is 4.98 Å². The highest BCUT2D eigenvalue weighted by molar-refractivity contribution is 5.88. The Balaban J connectivity index is 1.81. The molecule has 1 aliphatic heterocycles. The predicted octanol–water partition coefficient (Wildman–Crippen LogP) is 3.57. The summed E-state index contributed by atoms with van der Waals surface area (Å²) in [6, 6.07) is 11.8. The van der Waals surface area contributed by atoms with Crippen LogP contribution >= 0.6 is 0 Å². The van der Waals surface area contributed by atoms with Crippen molar-refractivity contribution in [3.8, 4) is 23.0 Å². The Morgan fingerprint density at radius 3 is 2.67 bits per heavy atom. The van der Waals surface area contributed by atoms with Gasteiger partial charge in [-0.15, -0.1) is 0 Å². The van der Waals surface area contributed by atoms with Crippen LogP contribution in [0.1, 0.15) is 11.3 Å². The first kappa shape index (κ1) is 14.6. The molecule has 1 aromatic heterocycles. The smallest absolute Gasteiger partial charge is 0.231 e. The highest BCUT2D eigenvalue weighted by Crippen LogP contribution is 2.38. The van der Waals surface area contributed by atoms with Crippen LogP contribution in [0.5, 0.6) is 23.0 Å². The van der Waals surface area contributed by atoms with Crippen molar-refractivity contribution < 1.29 is 18.9 Å². The van der Waals surface area contributed by atoms with Gasteiger partial charge in [-0.3, -0.25) is 4.98 Å². The maximum absolute atomic E-state index is 5.53. The van der Waals surface area contributed by atoms with Crippen molar-refractivity contribution in [3.63, 3.8) is 0 Å². The minimum absolute atomic E-state index is 0.262. The molecular weight excluding hydrogens is 306 g/mol. The third-order valence-electron chi connectivity index (χ3n) is 4.18. The van der Waals surface area contributed by atoms with Crippen LogP contribution in [0.15, 0.2) is 42.6 Å². The number of rotatable bonds is 4. The van der Waals surface area contributed by atoms with Gasteiger partial charge in [0.1, 0.15) is 0 Å². The summed E-state index contributed by atoms with van der Waals surface area (Å²) in [5.41, 5.74) is 1.98. The largest absolute Gasteiger partial charge is 0.493 e. The molecule has 0 saturated carbocycles. The van der Waals surface area contributed by atoms with Crippen LogP contribution in [0, 0.1) is 0 Å². The van der Waals surface area contributed by atoms with Crippen LogP contribution in [0.3, 0.4) is 0 Å². The van der Waals surface area contributed by atoms with E-state index in [0.29, 0.717) is 12.2 Å². The Morgan fingerprint density at radius 2 is 1.88 bits per heavy atom. The summed E-state index contributed by atoms with van der Waals surface area (Å²) in [6.45, 7) is 0.262. The molecule has 0 fully saturated rings. The van der Waals surface area contributed by atoms with Gasteiger partial charge in [-0.2, -0.15) is 0 Å². The van der Waals surface area contributed by atoms with Crippen molar-refractivity contribution in [2.75, 3.05) is 21.0 Å². The molecule has 0 N–H and O–H groups in total. The molecule has 0 bridgehead atoms. The van der Waals surface area contributed by atoms with Crippen molar-refractivity contribution in [2.24, 2.45) is 0 Å². The minimum atomic E-state index is 0.262. The fourth-order valence-electron chi connectivity index (χ4n) is 3.04. The zero-order valence-corrected chi connectivity index (χ0v) is 13.5. The summed E-state index contributed by atoms with van der Waals surface area (Å²) < 4.78 is 21.9. The van der Waals surface area contributed by atoms with E-state index in [9.17, 15) is 0 Å². The third-order valence-corrected chi connectivity index (χ3v) is 4.18. The molecule has 0 aliphatic carbocycles. The summed E-state index contributed by atoms with van der Waals surface area (Å²) in [7, 11) is 3.29. The van der Waals surface area contributed by atoms with E-state index in [1.165, 1.54) is 0 Å². The van der Waals surface area contributed by atoms with E-state index in [-0.39, 0.29) is 6.79 Å². The van der Waals surface area contributed by atoms with E-state index in [1.54, 1.807) is 14.2 Å². The number of para-hydroxylation sites is 1. The van der Waals surface area contributed by atoms with Gasteiger partial charge in [-0.05, 0) is 29.7 Å². The predicted molar refractivity (Wildman–Crippen MR) is 90.2 cm³/mol. The quantitative estimate of drug-likeness (QED) is 0.734. The monoisotopic (exact) mass is 323 g/mol. The van der Waals surface area contributed by atoms with Gasteiger partial charge in [0.2, 0.25) is 6.79 Å². The van der Waals surface area contributed by atoms with Crippen molar-refractivity contribution in [1.29, 1.82) is 0 Å². The molecule has 3 aromatic rings.